The maximum Gasteiger partial charge on any atom is 0.191 e. The summed E-state index contributed by atoms with van der Waals surface area (Å²) in [6.45, 7) is 0.229. The number of rotatable bonds is 6. The number of halogens is 1. The Kier molecular flexibility index (Phi) is 5.25. The molecule has 0 fully saturated rings. The van der Waals surface area contributed by atoms with Crippen LogP contribution in [0.15, 0.2) is 18.2 Å². The molecule has 0 radical (unpaired) electrons. The van der Waals surface area contributed by atoms with Crippen molar-refractivity contribution in [3.8, 4) is 5.75 Å². The third-order valence-corrected chi connectivity index (χ3v) is 2.29. The van der Waals surface area contributed by atoms with Crippen molar-refractivity contribution in [1.82, 2.24) is 0 Å². The van der Waals surface area contributed by atoms with Crippen LogP contribution in [0, 0.1) is 0 Å². The Morgan fingerprint density at radius 1 is 1.38 bits per heavy atom. The van der Waals surface area contributed by atoms with E-state index < -0.39 is 6.29 Å². The van der Waals surface area contributed by atoms with Crippen LogP contribution in [0.3, 0.4) is 0 Å². The van der Waals surface area contributed by atoms with Crippen molar-refractivity contribution < 1.29 is 19.0 Å². The molecule has 0 aliphatic rings. The fourth-order valence-corrected chi connectivity index (χ4v) is 1.34. The Hall–Kier alpha value is -1.10. The van der Waals surface area contributed by atoms with Gasteiger partial charge in [0.25, 0.3) is 0 Å². The molecular formula is C11H13ClO4. The van der Waals surface area contributed by atoms with E-state index in [-0.39, 0.29) is 6.61 Å². The Bertz CT molecular complexity index is 350. The van der Waals surface area contributed by atoms with Crippen molar-refractivity contribution in [1.29, 1.82) is 0 Å². The molecule has 5 heteroatoms. The van der Waals surface area contributed by atoms with E-state index in [1.54, 1.807) is 18.2 Å². The van der Waals surface area contributed by atoms with Crippen LogP contribution in [0.2, 0.25) is 5.02 Å². The average molecular weight is 245 g/mol. The summed E-state index contributed by atoms with van der Waals surface area (Å²) in [5, 5.41) is 0.385. The van der Waals surface area contributed by atoms with Gasteiger partial charge in [-0.1, -0.05) is 11.6 Å². The molecule has 0 spiro atoms. The number of carbonyl (C=O) groups excluding carboxylic acids is 1. The monoisotopic (exact) mass is 244 g/mol. The Balaban J connectivity index is 2.63. The van der Waals surface area contributed by atoms with Crippen molar-refractivity contribution in [2.24, 2.45) is 0 Å². The smallest absolute Gasteiger partial charge is 0.191 e. The first-order valence-corrected chi connectivity index (χ1v) is 5.02. The highest BCUT2D eigenvalue weighted by Gasteiger charge is 2.08. The molecule has 0 heterocycles. The number of carbonyl (C=O) groups is 1. The summed E-state index contributed by atoms with van der Waals surface area (Å²) in [4.78, 5) is 10.5. The zero-order valence-corrected chi connectivity index (χ0v) is 9.86. The van der Waals surface area contributed by atoms with Gasteiger partial charge in [0.1, 0.15) is 18.6 Å². The maximum atomic E-state index is 10.5. The van der Waals surface area contributed by atoms with E-state index in [0.29, 0.717) is 16.3 Å². The fourth-order valence-electron chi connectivity index (χ4n) is 1.10. The number of hydrogen-bond acceptors (Lipinski definition) is 4. The molecule has 1 rings (SSSR count). The van der Waals surface area contributed by atoms with Gasteiger partial charge in [-0.3, -0.25) is 4.79 Å². The lowest BCUT2D eigenvalue weighted by Crippen LogP contribution is -2.22. The van der Waals surface area contributed by atoms with Crippen molar-refractivity contribution in [3.63, 3.8) is 0 Å². The molecule has 0 aromatic heterocycles. The summed E-state index contributed by atoms with van der Waals surface area (Å²) in [5.74, 6) is 0.492. The lowest BCUT2D eigenvalue weighted by molar-refractivity contribution is -0.121. The lowest BCUT2D eigenvalue weighted by atomic mass is 10.2. The molecule has 0 saturated heterocycles. The maximum absolute atomic E-state index is 10.5. The van der Waals surface area contributed by atoms with Gasteiger partial charge in [0.2, 0.25) is 0 Å². The zero-order valence-electron chi connectivity index (χ0n) is 9.10. The van der Waals surface area contributed by atoms with Crippen LogP contribution in [0.1, 0.15) is 10.4 Å². The van der Waals surface area contributed by atoms with Gasteiger partial charge in [-0.15, -0.1) is 0 Å². The molecule has 0 amide bonds. The van der Waals surface area contributed by atoms with Crippen LogP contribution < -0.4 is 4.74 Å². The summed E-state index contributed by atoms with van der Waals surface area (Å²) >= 11 is 5.91. The normalized spacial score (nSPS) is 10.5. The topological polar surface area (TPSA) is 44.8 Å². The minimum atomic E-state index is -0.443. The van der Waals surface area contributed by atoms with E-state index in [4.69, 9.17) is 25.8 Å². The molecule has 88 valence electrons. The molecule has 1 aromatic carbocycles. The minimum absolute atomic E-state index is 0.229. The quantitative estimate of drug-likeness (QED) is 0.568. The largest absolute Gasteiger partial charge is 0.487 e. The van der Waals surface area contributed by atoms with Gasteiger partial charge in [-0.2, -0.15) is 0 Å². The molecule has 0 bridgehead atoms. The van der Waals surface area contributed by atoms with Gasteiger partial charge >= 0.3 is 0 Å². The molecule has 0 atom stereocenters. The second-order valence-corrected chi connectivity index (χ2v) is 3.43. The van der Waals surface area contributed by atoms with Crippen LogP contribution in [0.5, 0.6) is 5.75 Å². The van der Waals surface area contributed by atoms with Gasteiger partial charge in [0, 0.05) is 19.8 Å². The zero-order chi connectivity index (χ0) is 12.0. The first-order chi connectivity index (χ1) is 7.71. The lowest BCUT2D eigenvalue weighted by Gasteiger charge is -2.15. The Labute approximate surface area is 99.1 Å². The molecule has 16 heavy (non-hydrogen) atoms. The van der Waals surface area contributed by atoms with Crippen molar-refractivity contribution in [3.05, 3.63) is 28.8 Å². The van der Waals surface area contributed by atoms with Gasteiger partial charge in [-0.25, -0.2) is 0 Å². The number of benzene rings is 1. The summed E-state index contributed by atoms with van der Waals surface area (Å²) in [7, 11) is 3.04. The summed E-state index contributed by atoms with van der Waals surface area (Å²) < 4.78 is 15.3. The highest BCUT2D eigenvalue weighted by Crippen LogP contribution is 2.25. The van der Waals surface area contributed by atoms with Gasteiger partial charge in [-0.05, 0) is 18.2 Å². The summed E-state index contributed by atoms with van der Waals surface area (Å²) in [5.41, 5.74) is 0.507. The van der Waals surface area contributed by atoms with Crippen LogP contribution in [0.4, 0.5) is 0 Å². The first-order valence-electron chi connectivity index (χ1n) is 4.64. The average Bonchev–Trinajstić information content (AvgIpc) is 2.32. The van der Waals surface area contributed by atoms with Gasteiger partial charge in [0.15, 0.2) is 6.29 Å². The van der Waals surface area contributed by atoms with Crippen LogP contribution in [0.25, 0.3) is 0 Å². The predicted octanol–water partition coefficient (Wildman–Crippen LogP) is 2.15. The van der Waals surface area contributed by atoms with Crippen LogP contribution in [-0.2, 0) is 9.47 Å². The van der Waals surface area contributed by atoms with Crippen molar-refractivity contribution in [2.45, 2.75) is 6.29 Å². The standard InChI is InChI=1S/C11H13ClO4/c1-14-11(15-2)7-16-10-4-3-8(6-13)5-9(10)12/h3-6,11H,7H2,1-2H3. The molecule has 0 N–H and O–H groups in total. The molecular weight excluding hydrogens is 232 g/mol. The second kappa shape index (κ2) is 6.48. The first kappa shape index (κ1) is 13.0. The number of methoxy groups -OCH3 is 2. The third-order valence-electron chi connectivity index (χ3n) is 1.99. The van der Waals surface area contributed by atoms with Crippen LogP contribution in [-0.4, -0.2) is 33.4 Å². The summed E-state index contributed by atoms with van der Waals surface area (Å²) in [6.07, 6.45) is 0.282. The third kappa shape index (κ3) is 3.48. The number of aldehydes is 1. The highest BCUT2D eigenvalue weighted by molar-refractivity contribution is 6.32. The number of ether oxygens (including phenoxy) is 3. The molecule has 0 unspecified atom stereocenters. The minimum Gasteiger partial charge on any atom is -0.487 e. The Morgan fingerprint density at radius 3 is 2.56 bits per heavy atom. The molecule has 0 aliphatic carbocycles. The summed E-state index contributed by atoms with van der Waals surface area (Å²) in [6, 6.07) is 4.80. The van der Waals surface area contributed by atoms with E-state index in [1.165, 1.54) is 14.2 Å². The molecule has 1 aromatic rings. The highest BCUT2D eigenvalue weighted by atomic mass is 35.5. The Morgan fingerprint density at radius 2 is 2.06 bits per heavy atom. The van der Waals surface area contributed by atoms with E-state index in [1.807, 2.05) is 0 Å². The predicted molar refractivity (Wildman–Crippen MR) is 60.1 cm³/mol. The van der Waals surface area contributed by atoms with E-state index >= 15 is 0 Å². The second-order valence-electron chi connectivity index (χ2n) is 3.02. The number of hydrogen-bond donors (Lipinski definition) is 0. The fraction of sp³-hybridized carbons (Fsp3) is 0.364. The van der Waals surface area contributed by atoms with Crippen molar-refractivity contribution in [2.75, 3.05) is 20.8 Å². The SMILES string of the molecule is COC(COc1ccc(C=O)cc1Cl)OC. The molecule has 4 nitrogen and oxygen atoms in total. The van der Waals surface area contributed by atoms with E-state index in [9.17, 15) is 4.79 Å². The van der Waals surface area contributed by atoms with Crippen molar-refractivity contribution >= 4 is 17.9 Å². The van der Waals surface area contributed by atoms with Gasteiger partial charge in [0.05, 0.1) is 5.02 Å². The van der Waals surface area contributed by atoms with Gasteiger partial charge < -0.3 is 14.2 Å². The molecule has 0 saturated carbocycles. The van der Waals surface area contributed by atoms with Crippen LogP contribution >= 0.6 is 11.6 Å². The van der Waals surface area contributed by atoms with E-state index in [0.717, 1.165) is 6.29 Å². The molecule has 0 aliphatic heterocycles. The van der Waals surface area contributed by atoms with E-state index in [2.05, 4.69) is 0 Å².